The fraction of sp³-hybridized carbons (Fsp3) is 0.240. The van der Waals surface area contributed by atoms with E-state index < -0.39 is 10.0 Å². The lowest BCUT2D eigenvalue weighted by atomic mass is 9.99. The molecule has 0 spiro atoms. The van der Waals surface area contributed by atoms with Crippen LogP contribution in [0, 0.1) is 13.8 Å². The fourth-order valence-corrected chi connectivity index (χ4v) is 4.71. The Morgan fingerprint density at radius 2 is 1.65 bits per heavy atom. The van der Waals surface area contributed by atoms with E-state index in [0.29, 0.717) is 11.3 Å². The number of carbonyl (C=O) groups is 1. The minimum absolute atomic E-state index is 0.0761. The number of hydrogen-bond acceptors (Lipinski definition) is 3. The molecule has 0 saturated carbocycles. The van der Waals surface area contributed by atoms with Crippen LogP contribution in [0.4, 0.5) is 5.69 Å². The van der Waals surface area contributed by atoms with Crippen LogP contribution in [0.2, 0.25) is 0 Å². The summed E-state index contributed by atoms with van der Waals surface area (Å²) < 4.78 is 27.5. The molecule has 0 radical (unpaired) electrons. The van der Waals surface area contributed by atoms with E-state index in [4.69, 9.17) is 0 Å². The average Bonchev–Trinajstić information content (AvgIpc) is 2.78. The van der Waals surface area contributed by atoms with Gasteiger partial charge in [0.1, 0.15) is 0 Å². The molecule has 0 unspecified atom stereocenters. The molecule has 3 rings (SSSR count). The van der Waals surface area contributed by atoms with E-state index in [0.717, 1.165) is 23.1 Å². The predicted octanol–water partition coefficient (Wildman–Crippen LogP) is 5.01. The minimum Gasteiger partial charge on any atom is -0.345 e. The summed E-state index contributed by atoms with van der Waals surface area (Å²) in [5.74, 6) is -0.301. The number of nitrogens with zero attached hydrogens (tertiary/aromatic N) is 1. The molecule has 0 aliphatic heterocycles. The second-order valence-electron chi connectivity index (χ2n) is 7.63. The molecule has 3 aromatic carbocycles. The SMILES string of the molecule is CC[C@@H](NC(=O)c1cccc(S(=O)(=O)N(C)c2ccc(C)cc2)c1)c1ccccc1C. The van der Waals surface area contributed by atoms with Gasteiger partial charge in [0.25, 0.3) is 15.9 Å². The Balaban J connectivity index is 1.85. The van der Waals surface area contributed by atoms with Crippen LogP contribution in [0.15, 0.2) is 77.7 Å². The molecule has 0 aliphatic rings. The molecule has 1 amide bonds. The predicted molar refractivity (Wildman–Crippen MR) is 125 cm³/mol. The van der Waals surface area contributed by atoms with Gasteiger partial charge in [0, 0.05) is 12.6 Å². The van der Waals surface area contributed by atoms with Gasteiger partial charge in [-0.2, -0.15) is 0 Å². The van der Waals surface area contributed by atoms with Crippen molar-refractivity contribution in [2.75, 3.05) is 11.4 Å². The summed E-state index contributed by atoms with van der Waals surface area (Å²) in [7, 11) is -2.29. The van der Waals surface area contributed by atoms with Gasteiger partial charge in [-0.3, -0.25) is 9.10 Å². The molecule has 5 nitrogen and oxygen atoms in total. The lowest BCUT2D eigenvalue weighted by molar-refractivity contribution is 0.0935. The average molecular weight is 437 g/mol. The van der Waals surface area contributed by atoms with E-state index in [2.05, 4.69) is 5.32 Å². The first-order chi connectivity index (χ1) is 14.7. The van der Waals surface area contributed by atoms with Gasteiger partial charge in [0.05, 0.1) is 16.6 Å². The van der Waals surface area contributed by atoms with Gasteiger partial charge in [-0.15, -0.1) is 0 Å². The van der Waals surface area contributed by atoms with Crippen LogP contribution in [0.1, 0.15) is 46.4 Å². The van der Waals surface area contributed by atoms with Gasteiger partial charge in [0.2, 0.25) is 0 Å². The van der Waals surface area contributed by atoms with Gasteiger partial charge >= 0.3 is 0 Å². The zero-order valence-electron chi connectivity index (χ0n) is 18.3. The maximum Gasteiger partial charge on any atom is 0.264 e. The van der Waals surface area contributed by atoms with Gasteiger partial charge in [-0.1, -0.05) is 55.0 Å². The number of rotatable bonds is 7. The number of benzene rings is 3. The molecular weight excluding hydrogens is 408 g/mol. The van der Waals surface area contributed by atoms with E-state index in [1.807, 2.05) is 57.2 Å². The first kappa shape index (κ1) is 22.6. The monoisotopic (exact) mass is 436 g/mol. The molecule has 0 aliphatic carbocycles. The number of hydrogen-bond donors (Lipinski definition) is 1. The number of nitrogens with one attached hydrogen (secondary N) is 1. The van der Waals surface area contributed by atoms with Crippen LogP contribution in [-0.4, -0.2) is 21.4 Å². The molecule has 31 heavy (non-hydrogen) atoms. The highest BCUT2D eigenvalue weighted by Crippen LogP contribution is 2.24. The molecule has 0 fully saturated rings. The van der Waals surface area contributed by atoms with E-state index in [-0.39, 0.29) is 16.8 Å². The summed E-state index contributed by atoms with van der Waals surface area (Å²) in [4.78, 5) is 13.0. The van der Waals surface area contributed by atoms with Crippen molar-refractivity contribution < 1.29 is 13.2 Å². The third-order valence-electron chi connectivity index (χ3n) is 5.43. The summed E-state index contributed by atoms with van der Waals surface area (Å²) in [6.45, 7) is 5.97. The maximum atomic E-state index is 13.1. The van der Waals surface area contributed by atoms with Crippen LogP contribution in [0.3, 0.4) is 0 Å². The fourth-order valence-electron chi connectivity index (χ4n) is 3.47. The smallest absolute Gasteiger partial charge is 0.264 e. The van der Waals surface area contributed by atoms with Crippen molar-refractivity contribution in [3.8, 4) is 0 Å². The molecule has 0 bridgehead atoms. The van der Waals surface area contributed by atoms with Crippen molar-refractivity contribution in [3.05, 3.63) is 95.1 Å². The molecule has 6 heteroatoms. The summed E-state index contributed by atoms with van der Waals surface area (Å²) in [5.41, 5.74) is 4.08. The zero-order chi connectivity index (χ0) is 22.6. The Morgan fingerprint density at radius 1 is 0.968 bits per heavy atom. The third-order valence-corrected chi connectivity index (χ3v) is 7.21. The molecule has 0 heterocycles. The normalized spacial score (nSPS) is 12.3. The molecule has 1 atom stereocenters. The van der Waals surface area contributed by atoms with Crippen LogP contribution >= 0.6 is 0 Å². The Bertz CT molecular complexity index is 1170. The lowest BCUT2D eigenvalue weighted by Gasteiger charge is -2.21. The number of anilines is 1. The zero-order valence-corrected chi connectivity index (χ0v) is 19.1. The number of carbonyl (C=O) groups excluding carboxylic acids is 1. The largest absolute Gasteiger partial charge is 0.345 e. The second kappa shape index (κ2) is 9.35. The molecule has 3 aromatic rings. The lowest BCUT2D eigenvalue weighted by Crippen LogP contribution is -2.29. The third kappa shape index (κ3) is 4.97. The quantitative estimate of drug-likeness (QED) is 0.566. The standard InChI is InChI=1S/C25H28N2O3S/c1-5-24(23-12-7-6-9-19(23)3)26-25(28)20-10-8-11-22(17-20)31(29,30)27(4)21-15-13-18(2)14-16-21/h6-17,24H,5H2,1-4H3,(H,26,28)/t24-/m1/s1. The molecule has 162 valence electrons. The number of aryl methyl sites for hydroxylation is 2. The Morgan fingerprint density at radius 3 is 2.29 bits per heavy atom. The molecule has 0 aromatic heterocycles. The van der Waals surface area contributed by atoms with Crippen molar-refractivity contribution >= 4 is 21.6 Å². The van der Waals surface area contributed by atoms with Gasteiger partial charge in [0.15, 0.2) is 0 Å². The molecular formula is C25H28N2O3S. The first-order valence-corrected chi connectivity index (χ1v) is 11.7. The van der Waals surface area contributed by atoms with Crippen LogP contribution < -0.4 is 9.62 Å². The van der Waals surface area contributed by atoms with Crippen LogP contribution in [-0.2, 0) is 10.0 Å². The molecule has 1 N–H and O–H groups in total. The van der Waals surface area contributed by atoms with Crippen molar-refractivity contribution in [1.82, 2.24) is 5.32 Å². The highest BCUT2D eigenvalue weighted by molar-refractivity contribution is 7.92. The summed E-state index contributed by atoms with van der Waals surface area (Å²) in [5, 5.41) is 3.04. The first-order valence-electron chi connectivity index (χ1n) is 10.3. The summed E-state index contributed by atoms with van der Waals surface area (Å²) >= 11 is 0. The van der Waals surface area contributed by atoms with Gasteiger partial charge < -0.3 is 5.32 Å². The van der Waals surface area contributed by atoms with Crippen molar-refractivity contribution in [1.29, 1.82) is 0 Å². The topological polar surface area (TPSA) is 66.5 Å². The second-order valence-corrected chi connectivity index (χ2v) is 9.60. The summed E-state index contributed by atoms with van der Waals surface area (Å²) in [6.07, 6.45) is 0.727. The Hall–Kier alpha value is -3.12. The van der Waals surface area contributed by atoms with Crippen LogP contribution in [0.5, 0.6) is 0 Å². The highest BCUT2D eigenvalue weighted by atomic mass is 32.2. The van der Waals surface area contributed by atoms with Crippen molar-refractivity contribution in [3.63, 3.8) is 0 Å². The van der Waals surface area contributed by atoms with Gasteiger partial charge in [-0.25, -0.2) is 8.42 Å². The van der Waals surface area contributed by atoms with E-state index in [1.165, 1.54) is 23.5 Å². The number of sulfonamides is 1. The molecule has 0 saturated heterocycles. The summed E-state index contributed by atoms with van der Waals surface area (Å²) in [6, 6.07) is 21.2. The van der Waals surface area contributed by atoms with Crippen molar-refractivity contribution in [2.45, 2.75) is 38.1 Å². The Kier molecular flexibility index (Phi) is 6.81. The van der Waals surface area contributed by atoms with Gasteiger partial charge in [-0.05, 0) is 61.7 Å². The van der Waals surface area contributed by atoms with E-state index in [9.17, 15) is 13.2 Å². The van der Waals surface area contributed by atoms with E-state index in [1.54, 1.807) is 24.3 Å². The minimum atomic E-state index is -3.80. The van der Waals surface area contributed by atoms with Crippen LogP contribution in [0.25, 0.3) is 0 Å². The number of amides is 1. The maximum absolute atomic E-state index is 13.1. The highest BCUT2D eigenvalue weighted by Gasteiger charge is 2.23. The Labute approximate surface area is 184 Å². The van der Waals surface area contributed by atoms with Crippen molar-refractivity contribution in [2.24, 2.45) is 0 Å². The van der Waals surface area contributed by atoms with E-state index >= 15 is 0 Å².